The molecule has 0 saturated carbocycles. The Hall–Kier alpha value is -1.19. The molecule has 2 aromatic rings. The Balaban J connectivity index is 2.29. The van der Waals surface area contributed by atoms with Crippen molar-refractivity contribution < 1.29 is 0 Å². The van der Waals surface area contributed by atoms with Crippen LogP contribution in [0.2, 0.25) is 0 Å². The first-order valence-electron chi connectivity index (χ1n) is 4.08. The predicted molar refractivity (Wildman–Crippen MR) is 54.6 cm³/mol. The van der Waals surface area contributed by atoms with Crippen LogP contribution in [-0.2, 0) is 0 Å². The fourth-order valence-corrected chi connectivity index (χ4v) is 1.91. The summed E-state index contributed by atoms with van der Waals surface area (Å²) in [6.45, 7) is 0. The maximum absolute atomic E-state index is 6.01. The number of pyridine rings is 1. The molecule has 2 N–H and O–H groups in total. The van der Waals surface area contributed by atoms with E-state index in [-0.39, 0.29) is 6.04 Å². The second-order valence-corrected chi connectivity index (χ2v) is 3.73. The van der Waals surface area contributed by atoms with Gasteiger partial charge in [-0.1, -0.05) is 12.1 Å². The van der Waals surface area contributed by atoms with Gasteiger partial charge in [-0.3, -0.25) is 4.98 Å². The molecule has 0 aliphatic heterocycles. The lowest BCUT2D eigenvalue weighted by Crippen LogP contribution is -2.11. The second-order valence-electron chi connectivity index (χ2n) is 2.75. The van der Waals surface area contributed by atoms with Crippen molar-refractivity contribution in [1.29, 1.82) is 0 Å². The van der Waals surface area contributed by atoms with E-state index >= 15 is 0 Å². The number of rotatable bonds is 2. The summed E-state index contributed by atoms with van der Waals surface area (Å²) in [5, 5.41) is 2.03. The monoisotopic (exact) mass is 190 g/mol. The number of hydrogen-bond donors (Lipinski definition) is 1. The van der Waals surface area contributed by atoms with Crippen LogP contribution in [0.25, 0.3) is 0 Å². The molecule has 0 radical (unpaired) electrons. The molecule has 66 valence electrons. The van der Waals surface area contributed by atoms with Gasteiger partial charge in [-0.25, -0.2) is 0 Å². The van der Waals surface area contributed by atoms with Gasteiger partial charge >= 0.3 is 0 Å². The molecule has 0 aliphatic carbocycles. The van der Waals surface area contributed by atoms with Gasteiger partial charge in [0, 0.05) is 11.1 Å². The van der Waals surface area contributed by atoms with Crippen molar-refractivity contribution in [2.45, 2.75) is 6.04 Å². The SMILES string of the molecule is NC(c1ccccn1)c1cccs1. The summed E-state index contributed by atoms with van der Waals surface area (Å²) >= 11 is 1.66. The lowest BCUT2D eigenvalue weighted by atomic mass is 10.2. The van der Waals surface area contributed by atoms with Crippen molar-refractivity contribution in [2.75, 3.05) is 0 Å². The Kier molecular flexibility index (Phi) is 2.38. The summed E-state index contributed by atoms with van der Waals surface area (Å²) in [7, 11) is 0. The topological polar surface area (TPSA) is 38.9 Å². The number of aromatic nitrogens is 1. The van der Waals surface area contributed by atoms with E-state index in [1.165, 1.54) is 0 Å². The molecular formula is C10H10N2S. The van der Waals surface area contributed by atoms with Crippen LogP contribution in [0.5, 0.6) is 0 Å². The largest absolute Gasteiger partial charge is 0.318 e. The minimum absolute atomic E-state index is 0.0822. The van der Waals surface area contributed by atoms with Crippen LogP contribution >= 0.6 is 11.3 Å². The predicted octanol–water partition coefficient (Wildman–Crippen LogP) is 2.19. The number of thiophene rings is 1. The third-order valence-corrected chi connectivity index (χ3v) is 2.81. The van der Waals surface area contributed by atoms with Gasteiger partial charge in [0.2, 0.25) is 0 Å². The highest BCUT2D eigenvalue weighted by atomic mass is 32.1. The highest BCUT2D eigenvalue weighted by molar-refractivity contribution is 7.10. The molecule has 0 aromatic carbocycles. The van der Waals surface area contributed by atoms with Crippen molar-refractivity contribution in [3.8, 4) is 0 Å². The van der Waals surface area contributed by atoms with E-state index in [0.717, 1.165) is 10.6 Å². The molecule has 1 atom stereocenters. The first-order valence-corrected chi connectivity index (χ1v) is 4.96. The number of nitrogens with zero attached hydrogens (tertiary/aromatic N) is 1. The molecule has 13 heavy (non-hydrogen) atoms. The Morgan fingerprint density at radius 3 is 2.77 bits per heavy atom. The minimum atomic E-state index is -0.0822. The van der Waals surface area contributed by atoms with Gasteiger partial charge in [-0.05, 0) is 23.6 Å². The quantitative estimate of drug-likeness (QED) is 0.788. The molecule has 2 heterocycles. The second kappa shape index (κ2) is 3.68. The molecule has 0 aliphatic rings. The van der Waals surface area contributed by atoms with E-state index in [0.29, 0.717) is 0 Å². The summed E-state index contributed by atoms with van der Waals surface area (Å²) in [5.74, 6) is 0. The summed E-state index contributed by atoms with van der Waals surface area (Å²) < 4.78 is 0. The van der Waals surface area contributed by atoms with Crippen molar-refractivity contribution in [3.05, 3.63) is 52.5 Å². The van der Waals surface area contributed by atoms with Gasteiger partial charge in [0.05, 0.1) is 11.7 Å². The van der Waals surface area contributed by atoms with Crippen LogP contribution in [-0.4, -0.2) is 4.98 Å². The normalized spacial score (nSPS) is 12.7. The summed E-state index contributed by atoms with van der Waals surface area (Å²) in [5.41, 5.74) is 6.93. The Labute approximate surface area is 81.1 Å². The summed E-state index contributed by atoms with van der Waals surface area (Å²) in [6, 6.07) is 9.75. The molecular weight excluding hydrogens is 180 g/mol. The number of nitrogens with two attached hydrogens (primary N) is 1. The Morgan fingerprint density at radius 2 is 2.15 bits per heavy atom. The smallest absolute Gasteiger partial charge is 0.0820 e. The van der Waals surface area contributed by atoms with Crippen LogP contribution in [0.1, 0.15) is 16.6 Å². The zero-order chi connectivity index (χ0) is 9.10. The molecule has 3 heteroatoms. The first-order chi connectivity index (χ1) is 6.38. The molecule has 0 spiro atoms. The summed E-state index contributed by atoms with van der Waals surface area (Å²) in [6.07, 6.45) is 1.77. The van der Waals surface area contributed by atoms with Gasteiger partial charge in [0.25, 0.3) is 0 Å². The highest BCUT2D eigenvalue weighted by Gasteiger charge is 2.09. The molecule has 0 saturated heterocycles. The molecule has 1 unspecified atom stereocenters. The van der Waals surface area contributed by atoms with Gasteiger partial charge in [-0.2, -0.15) is 0 Å². The standard InChI is InChI=1S/C10H10N2S/c11-10(9-5-3-7-13-9)8-4-1-2-6-12-8/h1-7,10H,11H2. The Morgan fingerprint density at radius 1 is 1.23 bits per heavy atom. The molecule has 0 amide bonds. The van der Waals surface area contributed by atoms with Gasteiger partial charge in [0.1, 0.15) is 0 Å². The maximum Gasteiger partial charge on any atom is 0.0820 e. The molecule has 2 aromatic heterocycles. The highest BCUT2D eigenvalue weighted by Crippen LogP contribution is 2.21. The molecule has 0 bridgehead atoms. The fourth-order valence-electron chi connectivity index (χ4n) is 1.17. The van der Waals surface area contributed by atoms with Crippen LogP contribution in [0.3, 0.4) is 0 Å². The number of hydrogen-bond acceptors (Lipinski definition) is 3. The van der Waals surface area contributed by atoms with Crippen LogP contribution in [0.4, 0.5) is 0 Å². The zero-order valence-electron chi connectivity index (χ0n) is 7.05. The van der Waals surface area contributed by atoms with E-state index in [2.05, 4.69) is 4.98 Å². The van der Waals surface area contributed by atoms with Crippen LogP contribution in [0, 0.1) is 0 Å². The molecule has 0 fully saturated rings. The fraction of sp³-hybridized carbons (Fsp3) is 0.100. The lowest BCUT2D eigenvalue weighted by Gasteiger charge is -2.07. The minimum Gasteiger partial charge on any atom is -0.318 e. The van der Waals surface area contributed by atoms with E-state index in [4.69, 9.17) is 5.73 Å². The van der Waals surface area contributed by atoms with Crippen molar-refractivity contribution >= 4 is 11.3 Å². The Bertz CT molecular complexity index is 356. The van der Waals surface area contributed by atoms with E-state index in [9.17, 15) is 0 Å². The third kappa shape index (κ3) is 1.76. The van der Waals surface area contributed by atoms with E-state index in [1.54, 1.807) is 17.5 Å². The van der Waals surface area contributed by atoms with Gasteiger partial charge in [-0.15, -0.1) is 11.3 Å². The van der Waals surface area contributed by atoms with Gasteiger partial charge < -0.3 is 5.73 Å². The van der Waals surface area contributed by atoms with Gasteiger partial charge in [0.15, 0.2) is 0 Å². The van der Waals surface area contributed by atoms with Crippen LogP contribution < -0.4 is 5.73 Å². The van der Waals surface area contributed by atoms with E-state index in [1.807, 2.05) is 35.7 Å². The van der Waals surface area contributed by atoms with Crippen molar-refractivity contribution in [1.82, 2.24) is 4.98 Å². The van der Waals surface area contributed by atoms with Crippen molar-refractivity contribution in [2.24, 2.45) is 5.73 Å². The van der Waals surface area contributed by atoms with E-state index < -0.39 is 0 Å². The maximum atomic E-state index is 6.01. The molecule has 2 nitrogen and oxygen atoms in total. The average molecular weight is 190 g/mol. The molecule has 2 rings (SSSR count). The average Bonchev–Trinajstić information content (AvgIpc) is 2.71. The van der Waals surface area contributed by atoms with Crippen molar-refractivity contribution in [3.63, 3.8) is 0 Å². The zero-order valence-corrected chi connectivity index (χ0v) is 7.87. The third-order valence-electron chi connectivity index (χ3n) is 1.86. The first kappa shape index (κ1) is 8.41. The summed E-state index contributed by atoms with van der Waals surface area (Å²) in [4.78, 5) is 5.37. The van der Waals surface area contributed by atoms with Crippen LogP contribution in [0.15, 0.2) is 41.9 Å². The lowest BCUT2D eigenvalue weighted by molar-refractivity contribution is 0.847.